The van der Waals surface area contributed by atoms with Crippen molar-refractivity contribution in [1.82, 2.24) is 9.80 Å². The smallest absolute Gasteiger partial charge is 0.263 e. The van der Waals surface area contributed by atoms with Gasteiger partial charge in [-0.2, -0.15) is 0 Å². The van der Waals surface area contributed by atoms with Crippen LogP contribution in [0.3, 0.4) is 0 Å². The van der Waals surface area contributed by atoms with Gasteiger partial charge in [0.2, 0.25) is 5.91 Å². The second-order valence-corrected chi connectivity index (χ2v) is 8.78. The number of piperidine rings is 1. The standard InChI is InChI=1S/C23H29N3O5/c27-21(24-9-12-30-13-10-24)16-4-2-8-25(14-16)19-7-1-6-18-20(19)23(29)26(22(18)28)15-17-5-3-11-31-17/h1,6-7,16-17H,2-5,8-15H2. The number of rotatable bonds is 4. The summed E-state index contributed by atoms with van der Waals surface area (Å²) in [6.07, 6.45) is 3.49. The summed E-state index contributed by atoms with van der Waals surface area (Å²) in [5, 5.41) is 0. The Bertz CT molecular complexity index is 876. The molecule has 4 heterocycles. The van der Waals surface area contributed by atoms with E-state index in [1.807, 2.05) is 17.0 Å². The minimum Gasteiger partial charge on any atom is -0.378 e. The Hall–Kier alpha value is -2.45. The molecule has 0 aromatic heterocycles. The van der Waals surface area contributed by atoms with Crippen LogP contribution < -0.4 is 4.90 Å². The largest absolute Gasteiger partial charge is 0.378 e. The van der Waals surface area contributed by atoms with Crippen LogP contribution >= 0.6 is 0 Å². The van der Waals surface area contributed by atoms with Gasteiger partial charge >= 0.3 is 0 Å². The number of hydrogen-bond acceptors (Lipinski definition) is 6. The van der Waals surface area contributed by atoms with E-state index in [0.29, 0.717) is 57.1 Å². The van der Waals surface area contributed by atoms with Crippen molar-refractivity contribution in [2.45, 2.75) is 31.8 Å². The average Bonchev–Trinajstić information content (AvgIpc) is 3.42. The van der Waals surface area contributed by atoms with E-state index in [4.69, 9.17) is 9.47 Å². The highest BCUT2D eigenvalue weighted by Gasteiger charge is 2.41. The average molecular weight is 428 g/mol. The number of nitrogens with zero attached hydrogens (tertiary/aromatic N) is 3. The predicted octanol–water partition coefficient (Wildman–Crippen LogP) is 1.54. The maximum atomic E-state index is 13.3. The summed E-state index contributed by atoms with van der Waals surface area (Å²) >= 11 is 0. The lowest BCUT2D eigenvalue weighted by molar-refractivity contribution is -0.139. The second kappa shape index (κ2) is 8.59. The number of morpholine rings is 1. The van der Waals surface area contributed by atoms with E-state index < -0.39 is 0 Å². The fourth-order valence-corrected chi connectivity index (χ4v) is 5.18. The zero-order valence-electron chi connectivity index (χ0n) is 17.8. The number of fused-ring (bicyclic) bond motifs is 1. The topological polar surface area (TPSA) is 79.4 Å². The molecule has 0 aliphatic carbocycles. The van der Waals surface area contributed by atoms with Crippen molar-refractivity contribution >= 4 is 23.4 Å². The van der Waals surface area contributed by atoms with Crippen LogP contribution in [-0.2, 0) is 14.3 Å². The third kappa shape index (κ3) is 3.83. The van der Waals surface area contributed by atoms with E-state index in [1.54, 1.807) is 6.07 Å². The van der Waals surface area contributed by atoms with Crippen LogP contribution in [-0.4, -0.2) is 86.2 Å². The molecule has 1 aromatic rings. The highest BCUT2D eigenvalue weighted by molar-refractivity contribution is 6.23. The molecule has 5 rings (SSSR count). The molecule has 0 N–H and O–H groups in total. The molecule has 0 spiro atoms. The summed E-state index contributed by atoms with van der Waals surface area (Å²) in [5.41, 5.74) is 1.71. The van der Waals surface area contributed by atoms with Crippen LogP contribution in [0.25, 0.3) is 0 Å². The Labute approximate surface area is 182 Å². The van der Waals surface area contributed by atoms with Crippen molar-refractivity contribution in [1.29, 1.82) is 0 Å². The molecular weight excluding hydrogens is 398 g/mol. The van der Waals surface area contributed by atoms with E-state index in [9.17, 15) is 14.4 Å². The molecule has 3 amide bonds. The highest BCUT2D eigenvalue weighted by Crippen LogP contribution is 2.35. The van der Waals surface area contributed by atoms with Gasteiger partial charge in [-0.15, -0.1) is 0 Å². The summed E-state index contributed by atoms with van der Waals surface area (Å²) in [7, 11) is 0. The molecule has 31 heavy (non-hydrogen) atoms. The van der Waals surface area contributed by atoms with Crippen molar-refractivity contribution in [3.05, 3.63) is 29.3 Å². The lowest BCUT2D eigenvalue weighted by Crippen LogP contribution is -2.48. The number of anilines is 1. The SMILES string of the molecule is O=C(C1CCCN(c2cccc3c2C(=O)N(CC2CCCO2)C3=O)C1)N1CCOCC1. The minimum absolute atomic E-state index is 0.0730. The van der Waals surface area contributed by atoms with Gasteiger partial charge in [0.05, 0.1) is 48.6 Å². The van der Waals surface area contributed by atoms with Crippen molar-refractivity contribution in [3.63, 3.8) is 0 Å². The van der Waals surface area contributed by atoms with E-state index in [0.717, 1.165) is 37.9 Å². The van der Waals surface area contributed by atoms with Crippen LogP contribution in [0.4, 0.5) is 5.69 Å². The van der Waals surface area contributed by atoms with Gasteiger partial charge in [0.1, 0.15) is 0 Å². The molecule has 4 aliphatic heterocycles. The summed E-state index contributed by atoms with van der Waals surface area (Å²) in [5.74, 6) is -0.413. The molecule has 8 nitrogen and oxygen atoms in total. The Morgan fingerprint density at radius 3 is 2.61 bits per heavy atom. The van der Waals surface area contributed by atoms with Gasteiger partial charge in [0.15, 0.2) is 0 Å². The quantitative estimate of drug-likeness (QED) is 0.679. The van der Waals surface area contributed by atoms with Gasteiger partial charge in [-0.3, -0.25) is 19.3 Å². The Morgan fingerprint density at radius 2 is 1.84 bits per heavy atom. The van der Waals surface area contributed by atoms with Crippen molar-refractivity contribution in [2.24, 2.45) is 5.92 Å². The molecular formula is C23H29N3O5. The first-order valence-corrected chi connectivity index (χ1v) is 11.4. The molecule has 166 valence electrons. The second-order valence-electron chi connectivity index (χ2n) is 8.78. The van der Waals surface area contributed by atoms with Crippen molar-refractivity contribution in [3.8, 4) is 0 Å². The lowest BCUT2D eigenvalue weighted by atomic mass is 9.94. The Kier molecular flexibility index (Phi) is 5.67. The monoisotopic (exact) mass is 427 g/mol. The minimum atomic E-state index is -0.243. The Morgan fingerprint density at radius 1 is 1.00 bits per heavy atom. The summed E-state index contributed by atoms with van der Waals surface area (Å²) in [4.78, 5) is 44.6. The summed E-state index contributed by atoms with van der Waals surface area (Å²) in [6, 6.07) is 5.47. The maximum absolute atomic E-state index is 13.3. The van der Waals surface area contributed by atoms with Crippen molar-refractivity contribution < 1.29 is 23.9 Å². The maximum Gasteiger partial charge on any atom is 0.263 e. The van der Waals surface area contributed by atoms with Gasteiger partial charge in [-0.1, -0.05) is 6.07 Å². The van der Waals surface area contributed by atoms with E-state index >= 15 is 0 Å². The third-order valence-electron chi connectivity index (χ3n) is 6.82. The number of amides is 3. The lowest BCUT2D eigenvalue weighted by Gasteiger charge is -2.37. The number of imide groups is 1. The van der Waals surface area contributed by atoms with Crippen LogP contribution in [0, 0.1) is 5.92 Å². The normalized spacial score (nSPS) is 26.5. The number of ether oxygens (including phenoxy) is 2. The summed E-state index contributed by atoms with van der Waals surface area (Å²) in [6.45, 7) is 4.80. The number of carbonyl (C=O) groups is 3. The first-order chi connectivity index (χ1) is 15.1. The first-order valence-electron chi connectivity index (χ1n) is 11.4. The van der Waals surface area contributed by atoms with Crippen LogP contribution in [0.15, 0.2) is 18.2 Å². The predicted molar refractivity (Wildman–Crippen MR) is 113 cm³/mol. The molecule has 8 heteroatoms. The molecule has 0 saturated carbocycles. The molecule has 3 saturated heterocycles. The number of carbonyl (C=O) groups excluding carboxylic acids is 3. The fourth-order valence-electron chi connectivity index (χ4n) is 5.18. The molecule has 0 bridgehead atoms. The highest BCUT2D eigenvalue weighted by atomic mass is 16.5. The van der Waals surface area contributed by atoms with Crippen LogP contribution in [0.2, 0.25) is 0 Å². The molecule has 4 aliphatic rings. The molecule has 3 fully saturated rings. The van der Waals surface area contributed by atoms with Crippen LogP contribution in [0.1, 0.15) is 46.4 Å². The third-order valence-corrected chi connectivity index (χ3v) is 6.82. The van der Waals surface area contributed by atoms with Crippen molar-refractivity contribution in [2.75, 3.05) is 57.4 Å². The van der Waals surface area contributed by atoms with Gasteiger partial charge < -0.3 is 19.3 Å². The molecule has 2 unspecified atom stereocenters. The zero-order valence-corrected chi connectivity index (χ0v) is 17.8. The van der Waals surface area contributed by atoms with E-state index in [-0.39, 0.29) is 29.7 Å². The fraction of sp³-hybridized carbons (Fsp3) is 0.609. The number of hydrogen-bond donors (Lipinski definition) is 0. The van der Waals surface area contributed by atoms with Crippen LogP contribution in [0.5, 0.6) is 0 Å². The molecule has 2 atom stereocenters. The zero-order chi connectivity index (χ0) is 21.4. The summed E-state index contributed by atoms with van der Waals surface area (Å²) < 4.78 is 11.0. The van der Waals surface area contributed by atoms with Gasteiger partial charge in [0.25, 0.3) is 11.8 Å². The van der Waals surface area contributed by atoms with E-state index in [1.165, 1.54) is 4.90 Å². The Balaban J connectivity index is 1.35. The molecule has 1 aromatic carbocycles. The van der Waals surface area contributed by atoms with Gasteiger partial charge in [-0.05, 0) is 37.8 Å². The van der Waals surface area contributed by atoms with Gasteiger partial charge in [0, 0.05) is 32.8 Å². The number of benzene rings is 1. The molecule has 0 radical (unpaired) electrons. The first kappa shape index (κ1) is 20.5. The van der Waals surface area contributed by atoms with Gasteiger partial charge in [-0.25, -0.2) is 0 Å². The van der Waals surface area contributed by atoms with E-state index in [2.05, 4.69) is 4.90 Å².